The summed E-state index contributed by atoms with van der Waals surface area (Å²) >= 11 is 0. The van der Waals surface area contributed by atoms with Crippen LogP contribution in [0.4, 0.5) is 5.82 Å². The lowest BCUT2D eigenvalue weighted by molar-refractivity contribution is -0.0987. The highest BCUT2D eigenvalue weighted by molar-refractivity contribution is 5.29. The first-order chi connectivity index (χ1) is 9.83. The van der Waals surface area contributed by atoms with Crippen molar-refractivity contribution in [1.82, 2.24) is 10.2 Å². The monoisotopic (exact) mass is 279 g/mol. The Morgan fingerprint density at radius 3 is 1.70 bits per heavy atom. The highest BCUT2D eigenvalue weighted by Crippen LogP contribution is 1.93. The van der Waals surface area contributed by atoms with Crippen molar-refractivity contribution >= 4 is 19.4 Å². The molecule has 112 valence electrons. The van der Waals surface area contributed by atoms with E-state index < -0.39 is 0 Å². The molecular weight excluding hydrogens is 254 g/mol. The second kappa shape index (κ2) is 21.8. The normalized spacial score (nSPS) is 6.80. The molecule has 0 bridgehead atoms. The number of aromatic amines is 1. The lowest BCUT2D eigenvalue weighted by Crippen LogP contribution is -1.85. The number of nitrogens with zero attached hydrogens (tertiary/aromatic N) is 1. The fraction of sp³-hybridized carbons (Fsp3) is 0.267. The van der Waals surface area contributed by atoms with E-state index in [1.54, 1.807) is 6.20 Å². The summed E-state index contributed by atoms with van der Waals surface area (Å²) in [6, 6.07) is 12.1. The van der Waals surface area contributed by atoms with Crippen molar-refractivity contribution in [3.05, 3.63) is 48.2 Å². The molecule has 0 atom stereocenters. The molecule has 1 aromatic carbocycles. The summed E-state index contributed by atoms with van der Waals surface area (Å²) in [7, 11) is 1.84. The summed E-state index contributed by atoms with van der Waals surface area (Å²) in [5.74, 6) is 0.944. The zero-order valence-corrected chi connectivity index (χ0v) is 12.7. The number of benzene rings is 1. The van der Waals surface area contributed by atoms with Gasteiger partial charge in [0.25, 0.3) is 0 Å². The lowest BCUT2D eigenvalue weighted by Gasteiger charge is -1.86. The molecule has 1 aromatic heterocycles. The Kier molecular flexibility index (Phi) is 24.8. The number of anilines is 1. The van der Waals surface area contributed by atoms with E-state index in [1.165, 1.54) is 5.56 Å². The molecule has 0 unspecified atom stereocenters. The summed E-state index contributed by atoms with van der Waals surface area (Å²) in [4.78, 5) is 16.0. The molecule has 0 aliphatic heterocycles. The minimum atomic E-state index is 0.944. The van der Waals surface area contributed by atoms with Crippen molar-refractivity contribution in [2.45, 2.75) is 20.8 Å². The third-order valence-corrected chi connectivity index (χ3v) is 1.71. The fourth-order valence-electron chi connectivity index (χ4n) is 0.929. The van der Waals surface area contributed by atoms with Crippen molar-refractivity contribution in [1.29, 1.82) is 0 Å². The molecule has 20 heavy (non-hydrogen) atoms. The van der Waals surface area contributed by atoms with Crippen LogP contribution >= 0.6 is 0 Å². The molecule has 2 aromatic rings. The van der Waals surface area contributed by atoms with E-state index in [9.17, 15) is 0 Å². The van der Waals surface area contributed by atoms with E-state index in [1.807, 2.05) is 58.7 Å². The minimum absolute atomic E-state index is 0.944. The summed E-state index contributed by atoms with van der Waals surface area (Å²) < 4.78 is 0. The van der Waals surface area contributed by atoms with Crippen LogP contribution < -0.4 is 5.32 Å². The lowest BCUT2D eigenvalue weighted by atomic mass is 10.2. The fourth-order valence-corrected chi connectivity index (χ4v) is 0.929. The number of aryl methyl sites for hydroxylation is 1. The molecule has 0 saturated carbocycles. The van der Waals surface area contributed by atoms with Crippen LogP contribution in [0.2, 0.25) is 0 Å². The van der Waals surface area contributed by atoms with Crippen molar-refractivity contribution < 1.29 is 9.59 Å². The van der Waals surface area contributed by atoms with E-state index in [4.69, 9.17) is 9.59 Å². The Hall–Kier alpha value is -2.43. The van der Waals surface area contributed by atoms with Gasteiger partial charge in [-0.3, -0.25) is 5.10 Å². The summed E-state index contributed by atoms with van der Waals surface area (Å²) in [6.45, 7) is 10.1. The number of hydrogen-bond acceptors (Lipinski definition) is 4. The second-order valence-electron chi connectivity index (χ2n) is 2.88. The molecular formula is C15H25N3O2. The molecule has 0 radical (unpaired) electrons. The van der Waals surface area contributed by atoms with Crippen molar-refractivity contribution in [3.63, 3.8) is 0 Å². The quantitative estimate of drug-likeness (QED) is 0.841. The average molecular weight is 279 g/mol. The molecule has 5 heteroatoms. The SMILES string of the molecule is C=O.C=O.CC.CNc1ccn[nH]1.Cc1ccccc1. The van der Waals surface area contributed by atoms with Gasteiger partial charge in [0.05, 0.1) is 6.20 Å². The standard InChI is InChI=1S/C7H8.C4H7N3.C2H6.2CH2O/c1-7-5-3-2-4-6-7;1-5-4-2-3-6-7-4;3*1-2/h2-6H,1H3;2-3H,1H3,(H2,5,6,7);1-2H3;2*1H2. The summed E-state index contributed by atoms with van der Waals surface area (Å²) in [5.41, 5.74) is 1.32. The minimum Gasteiger partial charge on any atom is -0.374 e. The topological polar surface area (TPSA) is 74.8 Å². The Morgan fingerprint density at radius 2 is 1.50 bits per heavy atom. The molecule has 0 aliphatic rings. The van der Waals surface area contributed by atoms with Crippen LogP contribution in [0.3, 0.4) is 0 Å². The number of carbonyl (C=O) groups excluding carboxylic acids is 2. The van der Waals surface area contributed by atoms with Gasteiger partial charge in [0.1, 0.15) is 19.4 Å². The van der Waals surface area contributed by atoms with E-state index >= 15 is 0 Å². The van der Waals surface area contributed by atoms with E-state index in [0.717, 1.165) is 5.82 Å². The number of H-pyrrole nitrogens is 1. The molecule has 2 rings (SSSR count). The number of nitrogens with one attached hydrogen (secondary N) is 2. The first-order valence-corrected chi connectivity index (χ1v) is 6.09. The summed E-state index contributed by atoms with van der Waals surface area (Å²) in [6.07, 6.45) is 1.70. The molecule has 0 fully saturated rings. The third kappa shape index (κ3) is 15.6. The maximum absolute atomic E-state index is 8.00. The van der Waals surface area contributed by atoms with Gasteiger partial charge in [0.2, 0.25) is 0 Å². The maximum Gasteiger partial charge on any atom is 0.121 e. The Labute approximate surface area is 121 Å². The molecule has 0 saturated heterocycles. The van der Waals surface area contributed by atoms with Crippen LogP contribution in [-0.2, 0) is 9.59 Å². The maximum atomic E-state index is 8.00. The highest BCUT2D eigenvalue weighted by Gasteiger charge is 1.80. The molecule has 0 amide bonds. The van der Waals surface area contributed by atoms with Gasteiger partial charge in [-0.1, -0.05) is 49.7 Å². The number of hydrogen-bond donors (Lipinski definition) is 2. The zero-order valence-electron chi connectivity index (χ0n) is 12.7. The van der Waals surface area contributed by atoms with Crippen molar-refractivity contribution in [2.75, 3.05) is 12.4 Å². The zero-order chi connectivity index (χ0) is 16.2. The molecule has 2 N–H and O–H groups in total. The first-order valence-electron chi connectivity index (χ1n) is 6.09. The third-order valence-electron chi connectivity index (χ3n) is 1.71. The van der Waals surface area contributed by atoms with E-state index in [0.29, 0.717) is 0 Å². The number of carbonyl (C=O) groups is 2. The van der Waals surface area contributed by atoms with Gasteiger partial charge in [-0.15, -0.1) is 0 Å². The molecule has 0 spiro atoms. The smallest absolute Gasteiger partial charge is 0.121 e. The van der Waals surface area contributed by atoms with Crippen molar-refractivity contribution in [2.24, 2.45) is 0 Å². The first kappa shape index (κ1) is 22.7. The molecule has 0 aliphatic carbocycles. The van der Waals surface area contributed by atoms with Gasteiger partial charge in [-0.05, 0) is 13.0 Å². The van der Waals surface area contributed by atoms with E-state index in [-0.39, 0.29) is 0 Å². The van der Waals surface area contributed by atoms with E-state index in [2.05, 4.69) is 34.6 Å². The Bertz CT molecular complexity index is 362. The Balaban J connectivity index is -0.000000211. The van der Waals surface area contributed by atoms with Crippen LogP contribution in [0.25, 0.3) is 0 Å². The van der Waals surface area contributed by atoms with Crippen molar-refractivity contribution in [3.8, 4) is 0 Å². The average Bonchev–Trinajstić information content (AvgIpc) is 3.08. The summed E-state index contributed by atoms with van der Waals surface area (Å²) in [5, 5.41) is 9.32. The van der Waals surface area contributed by atoms with Crippen LogP contribution in [0.15, 0.2) is 42.6 Å². The molecule has 1 heterocycles. The second-order valence-corrected chi connectivity index (χ2v) is 2.88. The number of aromatic nitrogens is 2. The number of rotatable bonds is 1. The predicted octanol–water partition coefficient (Wildman–Crippen LogP) is 3.10. The molecule has 5 nitrogen and oxygen atoms in total. The Morgan fingerprint density at radius 1 is 1.00 bits per heavy atom. The van der Waals surface area contributed by atoms with Gasteiger partial charge < -0.3 is 14.9 Å². The van der Waals surface area contributed by atoms with Gasteiger partial charge in [0, 0.05) is 7.05 Å². The van der Waals surface area contributed by atoms with Gasteiger partial charge in [-0.25, -0.2) is 0 Å². The predicted molar refractivity (Wildman–Crippen MR) is 84.9 cm³/mol. The van der Waals surface area contributed by atoms with Crippen LogP contribution in [0.1, 0.15) is 19.4 Å². The highest BCUT2D eigenvalue weighted by atomic mass is 16.1. The van der Waals surface area contributed by atoms with Gasteiger partial charge in [0.15, 0.2) is 0 Å². The van der Waals surface area contributed by atoms with Crippen LogP contribution in [0, 0.1) is 6.92 Å². The van der Waals surface area contributed by atoms with Crippen LogP contribution in [0.5, 0.6) is 0 Å². The van der Waals surface area contributed by atoms with Crippen LogP contribution in [-0.4, -0.2) is 30.8 Å². The van der Waals surface area contributed by atoms with Gasteiger partial charge >= 0.3 is 0 Å². The van der Waals surface area contributed by atoms with Gasteiger partial charge in [-0.2, -0.15) is 5.10 Å². The largest absolute Gasteiger partial charge is 0.374 e.